The number of benzene rings is 1. The summed E-state index contributed by atoms with van der Waals surface area (Å²) in [4.78, 5) is 10.4. The largest absolute Gasteiger partial charge is 0.550 e. The molecule has 0 bridgehead atoms. The average molecular weight is 222 g/mol. The molecule has 0 aliphatic carbocycles. The number of carboxylic acids is 1. The molecule has 0 aromatic heterocycles. The van der Waals surface area contributed by atoms with Crippen molar-refractivity contribution in [3.63, 3.8) is 0 Å². The Morgan fingerprint density at radius 2 is 2.06 bits per heavy atom. The van der Waals surface area contributed by atoms with Crippen LogP contribution >= 0.6 is 0 Å². The van der Waals surface area contributed by atoms with Crippen molar-refractivity contribution in [2.24, 2.45) is 5.73 Å². The number of nitrogens with two attached hydrogens (primary N) is 1. The smallest absolute Gasteiger partial charge is 0.119 e. The Kier molecular flexibility index (Phi) is 4.79. The Hall–Kier alpha value is -1.55. The number of carboxylic acid groups (broad SMARTS) is 1. The molecule has 0 aliphatic heterocycles. The minimum absolute atomic E-state index is 0.171. The maximum absolute atomic E-state index is 10.4. The molecule has 4 heteroatoms. The average Bonchev–Trinajstić information content (AvgIpc) is 2.26. The number of carbonyl (C=O) groups is 1. The molecule has 0 amide bonds. The van der Waals surface area contributed by atoms with Crippen LogP contribution in [0.4, 0.5) is 0 Å². The summed E-state index contributed by atoms with van der Waals surface area (Å²) < 4.78 is 5.40. The maximum atomic E-state index is 10.4. The molecule has 88 valence electrons. The third-order valence-corrected chi connectivity index (χ3v) is 2.17. The van der Waals surface area contributed by atoms with Gasteiger partial charge >= 0.3 is 0 Å². The van der Waals surface area contributed by atoms with E-state index in [-0.39, 0.29) is 6.42 Å². The van der Waals surface area contributed by atoms with Crippen molar-refractivity contribution in [1.82, 2.24) is 0 Å². The first-order valence-electron chi connectivity index (χ1n) is 5.31. The van der Waals surface area contributed by atoms with Crippen LogP contribution in [0.3, 0.4) is 0 Å². The zero-order valence-corrected chi connectivity index (χ0v) is 9.31. The highest BCUT2D eigenvalue weighted by atomic mass is 16.5. The van der Waals surface area contributed by atoms with Crippen molar-refractivity contribution in [3.8, 4) is 5.75 Å². The number of carbonyl (C=O) groups excluding carboxylic acids is 1. The first-order chi connectivity index (χ1) is 7.63. The molecule has 0 fully saturated rings. The van der Waals surface area contributed by atoms with Crippen LogP contribution in [0.1, 0.15) is 31.4 Å². The topological polar surface area (TPSA) is 75.4 Å². The summed E-state index contributed by atoms with van der Waals surface area (Å²) in [5.41, 5.74) is 6.46. The molecule has 1 unspecified atom stereocenters. The number of hydrogen-bond acceptors (Lipinski definition) is 4. The second-order valence-electron chi connectivity index (χ2n) is 3.60. The van der Waals surface area contributed by atoms with Crippen LogP contribution in [0, 0.1) is 0 Å². The molecule has 1 rings (SSSR count). The Labute approximate surface area is 95.0 Å². The number of hydrogen-bond donors (Lipinski definition) is 1. The van der Waals surface area contributed by atoms with Gasteiger partial charge in [-0.25, -0.2) is 0 Å². The van der Waals surface area contributed by atoms with Crippen LogP contribution in [0.2, 0.25) is 0 Å². The van der Waals surface area contributed by atoms with Gasteiger partial charge in [-0.2, -0.15) is 0 Å². The van der Waals surface area contributed by atoms with Crippen molar-refractivity contribution >= 4 is 5.97 Å². The fourth-order valence-electron chi connectivity index (χ4n) is 1.33. The predicted octanol–water partition coefficient (Wildman–Crippen LogP) is 0.615. The summed E-state index contributed by atoms with van der Waals surface area (Å²) in [5.74, 6) is -0.370. The van der Waals surface area contributed by atoms with Gasteiger partial charge in [0.1, 0.15) is 5.75 Å². The monoisotopic (exact) mass is 222 g/mol. The van der Waals surface area contributed by atoms with E-state index in [2.05, 4.69) is 0 Å². The molecule has 16 heavy (non-hydrogen) atoms. The first-order valence-corrected chi connectivity index (χ1v) is 5.31. The lowest BCUT2D eigenvalue weighted by atomic mass is 10.1. The minimum Gasteiger partial charge on any atom is -0.550 e. The molecular formula is C12H16NO3-. The van der Waals surface area contributed by atoms with Crippen LogP contribution in [-0.2, 0) is 4.79 Å². The van der Waals surface area contributed by atoms with Gasteiger partial charge in [-0.05, 0) is 24.1 Å². The van der Waals surface area contributed by atoms with Gasteiger partial charge in [0, 0.05) is 18.4 Å². The van der Waals surface area contributed by atoms with Crippen LogP contribution in [0.25, 0.3) is 0 Å². The lowest BCUT2D eigenvalue weighted by Crippen LogP contribution is -2.27. The minimum atomic E-state index is -1.14. The Balaban J connectivity index is 2.59. The molecule has 0 radical (unpaired) electrons. The van der Waals surface area contributed by atoms with E-state index in [9.17, 15) is 9.90 Å². The first kappa shape index (κ1) is 12.5. The predicted molar refractivity (Wildman–Crippen MR) is 58.8 cm³/mol. The van der Waals surface area contributed by atoms with Gasteiger partial charge < -0.3 is 20.4 Å². The lowest BCUT2D eigenvalue weighted by molar-refractivity contribution is -0.306. The van der Waals surface area contributed by atoms with E-state index < -0.39 is 12.0 Å². The van der Waals surface area contributed by atoms with Crippen molar-refractivity contribution in [2.45, 2.75) is 25.8 Å². The summed E-state index contributed by atoms with van der Waals surface area (Å²) in [6.45, 7) is 2.70. The SMILES string of the molecule is CCCOc1ccc(C(N)CC(=O)[O-])cc1. The van der Waals surface area contributed by atoms with Crippen molar-refractivity contribution in [2.75, 3.05) is 6.61 Å². The van der Waals surface area contributed by atoms with Gasteiger partial charge in [-0.1, -0.05) is 19.1 Å². The van der Waals surface area contributed by atoms with E-state index in [1.165, 1.54) is 0 Å². The zero-order chi connectivity index (χ0) is 12.0. The lowest BCUT2D eigenvalue weighted by Gasteiger charge is -2.13. The number of ether oxygens (including phenoxy) is 1. The van der Waals surface area contributed by atoms with Crippen LogP contribution in [-0.4, -0.2) is 12.6 Å². The summed E-state index contributed by atoms with van der Waals surface area (Å²) in [6, 6.07) is 6.61. The number of rotatable bonds is 6. The Morgan fingerprint density at radius 3 is 2.56 bits per heavy atom. The fourth-order valence-corrected chi connectivity index (χ4v) is 1.33. The second kappa shape index (κ2) is 6.12. The van der Waals surface area contributed by atoms with E-state index in [1.54, 1.807) is 24.3 Å². The van der Waals surface area contributed by atoms with E-state index in [0.717, 1.165) is 17.7 Å². The van der Waals surface area contributed by atoms with Gasteiger partial charge in [-0.3, -0.25) is 0 Å². The molecule has 1 atom stereocenters. The quantitative estimate of drug-likeness (QED) is 0.765. The van der Waals surface area contributed by atoms with Crippen molar-refractivity contribution in [3.05, 3.63) is 29.8 Å². The Bertz CT molecular complexity index is 335. The summed E-state index contributed by atoms with van der Waals surface area (Å²) >= 11 is 0. The highest BCUT2D eigenvalue weighted by Gasteiger charge is 2.06. The van der Waals surface area contributed by atoms with Gasteiger partial charge in [0.05, 0.1) is 6.61 Å². The molecule has 0 saturated carbocycles. The van der Waals surface area contributed by atoms with Gasteiger partial charge in [0.2, 0.25) is 0 Å². The fraction of sp³-hybridized carbons (Fsp3) is 0.417. The summed E-state index contributed by atoms with van der Waals surface area (Å²) in [5, 5.41) is 10.4. The Morgan fingerprint density at radius 1 is 1.44 bits per heavy atom. The third-order valence-electron chi connectivity index (χ3n) is 2.17. The summed E-state index contributed by atoms with van der Waals surface area (Å²) in [7, 11) is 0. The van der Waals surface area contributed by atoms with E-state index >= 15 is 0 Å². The number of aliphatic carboxylic acids is 1. The molecule has 0 saturated heterocycles. The van der Waals surface area contributed by atoms with Crippen molar-refractivity contribution < 1.29 is 14.6 Å². The molecule has 4 nitrogen and oxygen atoms in total. The van der Waals surface area contributed by atoms with E-state index in [4.69, 9.17) is 10.5 Å². The van der Waals surface area contributed by atoms with Crippen molar-refractivity contribution in [1.29, 1.82) is 0 Å². The third kappa shape index (κ3) is 3.90. The van der Waals surface area contributed by atoms with Gasteiger partial charge in [-0.15, -0.1) is 0 Å². The van der Waals surface area contributed by atoms with E-state index in [1.807, 2.05) is 6.92 Å². The molecule has 0 aliphatic rings. The highest BCUT2D eigenvalue weighted by molar-refractivity contribution is 5.65. The van der Waals surface area contributed by atoms with Gasteiger partial charge in [0.15, 0.2) is 0 Å². The van der Waals surface area contributed by atoms with Crippen LogP contribution < -0.4 is 15.6 Å². The normalized spacial score (nSPS) is 12.1. The standard InChI is InChI=1S/C12H17NO3/c1-2-7-16-10-5-3-9(4-6-10)11(13)8-12(14)15/h3-6,11H,2,7-8,13H2,1H3,(H,14,15)/p-1. The van der Waals surface area contributed by atoms with Crippen LogP contribution in [0.5, 0.6) is 5.75 Å². The molecule has 0 heterocycles. The maximum Gasteiger partial charge on any atom is 0.119 e. The van der Waals surface area contributed by atoms with E-state index in [0.29, 0.717) is 6.61 Å². The summed E-state index contributed by atoms with van der Waals surface area (Å²) in [6.07, 6.45) is 0.779. The van der Waals surface area contributed by atoms with Gasteiger partial charge in [0.25, 0.3) is 0 Å². The highest BCUT2D eigenvalue weighted by Crippen LogP contribution is 2.18. The molecule has 1 aromatic carbocycles. The van der Waals surface area contributed by atoms with Crippen LogP contribution in [0.15, 0.2) is 24.3 Å². The molecule has 2 N–H and O–H groups in total. The molecule has 0 spiro atoms. The molecular weight excluding hydrogens is 206 g/mol. The molecule has 1 aromatic rings. The second-order valence-corrected chi connectivity index (χ2v) is 3.60. The zero-order valence-electron chi connectivity index (χ0n) is 9.31.